The fourth-order valence-corrected chi connectivity index (χ4v) is 16.6. The van der Waals surface area contributed by atoms with Gasteiger partial charge in [-0.1, -0.05) is 184 Å². The number of aromatic amines is 2. The van der Waals surface area contributed by atoms with Crippen molar-refractivity contribution in [3.8, 4) is 11.5 Å². The van der Waals surface area contributed by atoms with E-state index in [1.165, 1.54) is 13.8 Å². The third-order valence-corrected chi connectivity index (χ3v) is 22.9. The Kier molecular flexibility index (Phi) is 29.3. The number of ether oxygens (including phenoxy) is 4. The molecule has 14 N–H and O–H groups in total. The molecular formula is C84H102N12O16P2. The van der Waals surface area contributed by atoms with Crippen molar-refractivity contribution in [3.63, 3.8) is 0 Å². The fourth-order valence-electron chi connectivity index (χ4n) is 14.3. The van der Waals surface area contributed by atoms with Crippen LogP contribution in [0.15, 0.2) is 206 Å². The molecule has 2 aliphatic heterocycles. The summed E-state index contributed by atoms with van der Waals surface area (Å²) in [6.07, 6.45) is -2.55. The summed E-state index contributed by atoms with van der Waals surface area (Å²) in [5.41, 5.74) is 20.0. The molecule has 2 fully saturated rings. The Bertz CT molecular complexity index is 4880. The van der Waals surface area contributed by atoms with Crippen molar-refractivity contribution in [3.05, 3.63) is 251 Å². The minimum atomic E-state index is -4.42. The number of aromatic nitrogens is 4. The van der Waals surface area contributed by atoms with Crippen molar-refractivity contribution < 1.29 is 77.5 Å². The highest BCUT2D eigenvalue weighted by Crippen LogP contribution is 2.40. The van der Waals surface area contributed by atoms with Gasteiger partial charge < -0.3 is 80.2 Å². The molecule has 2 saturated heterocycles. The van der Waals surface area contributed by atoms with Crippen LogP contribution in [0.2, 0.25) is 0 Å². The SMILES string of the molecule is CCCCOC(=O)[C@H](C)NP(=O)(COc1cccc(CN2C(=O)N(Cc3ccc4[nH]nc(N)c4c3)[C@H](Cc3ccccc3)[C@H](O)[C@@H](O)[C@H]2Cc2ccccc2)c1)N[C@@H](C)C(=O)OCCCC.Nc1n[nH]c2ccc(CN3C(=O)N(Cc4cccc(OCP(=O)(O)O)c4)[C@H](Cc4ccccc4)[C@H](O)[C@@H](O)[C@H]3Cc3ccccc3)cc12. The average Bonchev–Trinajstić information content (AvgIpc) is 1.63. The Morgan fingerprint density at radius 3 is 1.07 bits per heavy atom. The Labute approximate surface area is 662 Å². The van der Waals surface area contributed by atoms with E-state index in [2.05, 4.69) is 30.6 Å². The first-order valence-electron chi connectivity index (χ1n) is 38.3. The number of rotatable bonds is 34. The lowest BCUT2D eigenvalue weighted by Gasteiger charge is -2.36. The summed E-state index contributed by atoms with van der Waals surface area (Å²) in [5, 5.41) is 69.5. The molecule has 604 valence electrons. The number of nitrogens with two attached hydrogens (primary N) is 2. The maximum atomic E-state index is 15.4. The number of nitrogen functional groups attached to an aromatic ring is 2. The monoisotopic (exact) mass is 1600 g/mol. The summed E-state index contributed by atoms with van der Waals surface area (Å²) in [6, 6.07) is 56.6. The molecule has 0 saturated carbocycles. The molecule has 8 aromatic carbocycles. The number of unbranched alkanes of at least 4 members (excludes halogenated alkanes) is 2. The number of hydrogen-bond acceptors (Lipinski definition) is 18. The maximum Gasteiger partial charge on any atom is 0.362 e. The molecular weight excluding hydrogens is 1490 g/mol. The van der Waals surface area contributed by atoms with Gasteiger partial charge in [-0.25, -0.2) is 19.8 Å². The van der Waals surface area contributed by atoms with Crippen LogP contribution in [0.25, 0.3) is 21.8 Å². The first-order chi connectivity index (χ1) is 54.8. The minimum Gasteiger partial charge on any atom is -0.483 e. The molecule has 30 heteroatoms. The second-order valence-electron chi connectivity index (χ2n) is 29.0. The van der Waals surface area contributed by atoms with Crippen LogP contribution in [-0.4, -0.2) is 181 Å². The number of anilines is 2. The number of esters is 2. The highest BCUT2D eigenvalue weighted by atomic mass is 31.2. The second-order valence-corrected chi connectivity index (χ2v) is 32.9. The van der Waals surface area contributed by atoms with Crippen LogP contribution >= 0.6 is 15.0 Å². The van der Waals surface area contributed by atoms with Crippen LogP contribution in [-0.2, 0) is 80.1 Å². The zero-order valence-corrected chi connectivity index (χ0v) is 66.0. The van der Waals surface area contributed by atoms with Gasteiger partial charge in [-0.2, -0.15) is 10.2 Å². The fraction of sp³-hybridized carbons (Fsp3) is 0.357. The maximum absolute atomic E-state index is 15.4. The van der Waals surface area contributed by atoms with Gasteiger partial charge in [-0.15, -0.1) is 0 Å². The summed E-state index contributed by atoms with van der Waals surface area (Å²) in [4.78, 5) is 81.1. The van der Waals surface area contributed by atoms with E-state index in [4.69, 9.17) is 30.4 Å². The van der Waals surface area contributed by atoms with Crippen molar-refractivity contribution in [2.24, 2.45) is 0 Å². The zero-order chi connectivity index (χ0) is 81.1. The van der Waals surface area contributed by atoms with E-state index in [-0.39, 0.29) is 64.4 Å². The van der Waals surface area contributed by atoms with Crippen LogP contribution in [0.4, 0.5) is 21.2 Å². The van der Waals surface area contributed by atoms with Crippen LogP contribution < -0.4 is 31.1 Å². The third-order valence-electron chi connectivity index (χ3n) is 20.3. The molecule has 114 heavy (non-hydrogen) atoms. The number of aliphatic hydroxyl groups is 4. The van der Waals surface area contributed by atoms with Crippen LogP contribution in [0.1, 0.15) is 97.9 Å². The van der Waals surface area contributed by atoms with E-state index in [0.29, 0.717) is 58.5 Å². The highest BCUT2D eigenvalue weighted by Gasteiger charge is 2.49. The summed E-state index contributed by atoms with van der Waals surface area (Å²) >= 11 is 0. The molecule has 28 nitrogen and oxygen atoms in total. The standard InChI is InChI=1S/C49H64N7O9P.C35H38N5O7P/c1-5-7-24-63-47(59)33(3)53-66(62,54-34(4)48(60)64-25-8-6-2)32-65-39-21-15-20-37(26-39)30-55-42(28-35-16-11-9-12-17-35)44(57)45(58)43(29-36-18-13-10-14-19-36)56(49(55)61)31-38-22-23-41-40(27-38)46(50)52-51-41;36-34-28-17-26(14-15-29(28)37-38-34)21-40-31(19-24-10-5-2-6-11-24)33(42)32(41)30(18-23-8-3-1-4-9-23)39(35(40)43)20-25-12-7-13-27(16-25)47-22-48(44,45)46/h9-23,26-27,33-34,42-45,57-58H,5-8,24-25,28-32H2,1-4H3,(H3,50,51,52)(H2,53,54,62);1-17,30-33,41-42H,18-22H2,(H3,36,37,38)(H2,44,45,46)/t33-,34-,42+,43+,44-,45-;30-,31-,32+,33+/m01/s1. The number of urea groups is 2. The van der Waals surface area contributed by atoms with Gasteiger partial charge in [0.05, 0.1) is 48.4 Å². The lowest BCUT2D eigenvalue weighted by molar-refractivity contribution is -0.145. The van der Waals surface area contributed by atoms with E-state index < -0.39 is 112 Å². The van der Waals surface area contributed by atoms with E-state index >= 15 is 4.79 Å². The largest absolute Gasteiger partial charge is 0.483 e. The molecule has 4 amide bonds. The van der Waals surface area contributed by atoms with Gasteiger partial charge in [0.1, 0.15) is 48.0 Å². The molecule has 2 aromatic heterocycles. The van der Waals surface area contributed by atoms with E-state index in [0.717, 1.165) is 57.3 Å². The summed E-state index contributed by atoms with van der Waals surface area (Å²) < 4.78 is 48.3. The van der Waals surface area contributed by atoms with Gasteiger partial charge in [0.2, 0.25) is 7.44 Å². The van der Waals surface area contributed by atoms with Gasteiger partial charge in [-0.3, -0.25) is 28.9 Å². The Morgan fingerprint density at radius 1 is 0.447 bits per heavy atom. The number of carbonyl (C=O) groups is 4. The van der Waals surface area contributed by atoms with E-state index in [1.54, 1.807) is 62.1 Å². The van der Waals surface area contributed by atoms with Crippen molar-refractivity contribution in [1.82, 2.24) is 50.2 Å². The van der Waals surface area contributed by atoms with Gasteiger partial charge in [0.25, 0.3) is 0 Å². The smallest absolute Gasteiger partial charge is 0.362 e. The molecule has 10 atom stereocenters. The first kappa shape index (κ1) is 84.4. The number of nitrogens with zero attached hydrogens (tertiary/aromatic N) is 6. The predicted octanol–water partition coefficient (Wildman–Crippen LogP) is 10.7. The number of fused-ring (bicyclic) bond motifs is 2. The molecule has 4 heterocycles. The Hall–Kier alpha value is -10.5. The van der Waals surface area contributed by atoms with Crippen LogP contribution in [0.5, 0.6) is 11.5 Å². The molecule has 0 unspecified atom stereocenters. The number of aliphatic hydroxyl groups excluding tert-OH is 4. The third kappa shape index (κ3) is 22.5. The number of benzene rings is 8. The lowest BCUT2D eigenvalue weighted by Crippen LogP contribution is -2.50. The van der Waals surface area contributed by atoms with Gasteiger partial charge in [0.15, 0.2) is 24.3 Å². The number of hydrogen-bond donors (Lipinski definition) is 12. The van der Waals surface area contributed by atoms with Crippen molar-refractivity contribution >= 4 is 72.5 Å². The average molecular weight is 1600 g/mol. The highest BCUT2D eigenvalue weighted by molar-refractivity contribution is 7.59. The Morgan fingerprint density at radius 2 is 0.754 bits per heavy atom. The van der Waals surface area contributed by atoms with E-state index in [1.807, 2.05) is 178 Å². The summed E-state index contributed by atoms with van der Waals surface area (Å²) in [6.45, 7) is 7.65. The lowest BCUT2D eigenvalue weighted by atomic mass is 9.91. The number of H-pyrrole nitrogens is 2. The molecule has 0 bridgehead atoms. The quantitative estimate of drug-likeness (QED) is 0.0101. The van der Waals surface area contributed by atoms with Gasteiger partial charge >= 0.3 is 31.6 Å². The summed E-state index contributed by atoms with van der Waals surface area (Å²) in [7, 11) is -8.30. The second kappa shape index (κ2) is 39.5. The molecule has 12 rings (SSSR count). The molecule has 10 aromatic rings. The van der Waals surface area contributed by atoms with E-state index in [9.17, 15) is 53.7 Å². The molecule has 0 spiro atoms. The number of nitrogens with one attached hydrogen (secondary N) is 4. The molecule has 2 aliphatic rings. The molecule has 0 radical (unpaired) electrons. The van der Waals surface area contributed by atoms with Crippen molar-refractivity contribution in [2.45, 2.75) is 166 Å². The minimum absolute atomic E-state index is 0.00495. The van der Waals surface area contributed by atoms with Gasteiger partial charge in [0, 0.05) is 37.0 Å². The number of carbonyl (C=O) groups excluding carboxylic acids is 4. The van der Waals surface area contributed by atoms with Crippen LogP contribution in [0.3, 0.4) is 0 Å². The predicted molar refractivity (Wildman–Crippen MR) is 434 cm³/mol. The normalized spacial score (nSPS) is 19.4. The topological polar surface area (TPSA) is 407 Å². The Balaban J connectivity index is 0.000000236. The number of amides is 4. The first-order valence-corrected chi connectivity index (χ1v) is 42.0. The molecule has 0 aliphatic carbocycles. The van der Waals surface area contributed by atoms with Crippen LogP contribution in [0, 0.1) is 0 Å². The zero-order valence-electron chi connectivity index (χ0n) is 64.2. The van der Waals surface area contributed by atoms with Gasteiger partial charge in [-0.05, 0) is 145 Å². The van der Waals surface area contributed by atoms with Crippen molar-refractivity contribution in [1.29, 1.82) is 0 Å². The summed E-state index contributed by atoms with van der Waals surface area (Å²) in [5.74, 6) is -0.0368. The van der Waals surface area contributed by atoms with Crippen molar-refractivity contribution in [2.75, 3.05) is 37.4 Å².